The van der Waals surface area contributed by atoms with E-state index < -0.39 is 0 Å². The average molecular weight is 378 g/mol. The predicted octanol–water partition coefficient (Wildman–Crippen LogP) is 5.38. The molecule has 0 N–H and O–H groups in total. The molecule has 3 rings (SSSR count). The number of hydrogen-bond donors (Lipinski definition) is 0. The highest BCUT2D eigenvalue weighted by molar-refractivity contribution is 7.99. The first-order valence-corrected chi connectivity index (χ1v) is 10.6. The second kappa shape index (κ2) is 8.32. The van der Waals surface area contributed by atoms with Crippen LogP contribution in [0.15, 0.2) is 53.4 Å². The molecule has 126 valence electrons. The molecule has 1 unspecified atom stereocenters. The molecule has 1 aliphatic rings. The molecule has 2 aromatic carbocycles. The van der Waals surface area contributed by atoms with Crippen molar-refractivity contribution in [2.75, 3.05) is 25.1 Å². The van der Waals surface area contributed by atoms with Crippen LogP contribution in [-0.4, -0.2) is 35.9 Å². The molecule has 1 amide bonds. The standard InChI is InChI=1S/C19H20ClNOS2/c1-23-17-9-5-3-7-15(17)19(22)21-11-10-18(24-13-12-21)14-6-2-4-8-16(14)20/h2-9,18H,10-13H2,1H3. The Morgan fingerprint density at radius 2 is 1.92 bits per heavy atom. The molecule has 1 fully saturated rings. The Morgan fingerprint density at radius 1 is 1.17 bits per heavy atom. The van der Waals surface area contributed by atoms with Gasteiger partial charge in [-0.3, -0.25) is 4.79 Å². The predicted molar refractivity (Wildman–Crippen MR) is 105 cm³/mol. The molecule has 5 heteroatoms. The lowest BCUT2D eigenvalue weighted by Gasteiger charge is -2.21. The minimum Gasteiger partial charge on any atom is -0.338 e. The number of hydrogen-bond acceptors (Lipinski definition) is 3. The minimum atomic E-state index is 0.139. The van der Waals surface area contributed by atoms with E-state index >= 15 is 0 Å². The average Bonchev–Trinajstić information content (AvgIpc) is 2.87. The van der Waals surface area contributed by atoms with E-state index in [1.54, 1.807) is 11.8 Å². The number of halogens is 1. The first-order valence-electron chi connectivity index (χ1n) is 7.99. The van der Waals surface area contributed by atoms with E-state index in [2.05, 4.69) is 6.07 Å². The van der Waals surface area contributed by atoms with Gasteiger partial charge in [0, 0.05) is 34.0 Å². The van der Waals surface area contributed by atoms with Crippen molar-refractivity contribution in [1.29, 1.82) is 0 Å². The van der Waals surface area contributed by atoms with E-state index in [0.717, 1.165) is 40.7 Å². The van der Waals surface area contributed by atoms with Crippen molar-refractivity contribution in [3.63, 3.8) is 0 Å². The highest BCUT2D eigenvalue weighted by Crippen LogP contribution is 2.38. The first-order chi connectivity index (χ1) is 11.7. The molecule has 0 bridgehead atoms. The van der Waals surface area contributed by atoms with E-state index in [9.17, 15) is 4.79 Å². The van der Waals surface area contributed by atoms with Crippen LogP contribution in [0.3, 0.4) is 0 Å². The third-order valence-electron chi connectivity index (χ3n) is 4.22. The number of thioether (sulfide) groups is 2. The molecule has 1 saturated heterocycles. The lowest BCUT2D eigenvalue weighted by atomic mass is 10.1. The summed E-state index contributed by atoms with van der Waals surface area (Å²) in [5, 5.41) is 1.18. The Morgan fingerprint density at radius 3 is 2.71 bits per heavy atom. The SMILES string of the molecule is CSc1ccccc1C(=O)N1CCSC(c2ccccc2Cl)CC1. The summed E-state index contributed by atoms with van der Waals surface area (Å²) in [6.45, 7) is 1.55. The Kier molecular flexibility index (Phi) is 6.14. The van der Waals surface area contributed by atoms with Gasteiger partial charge in [-0.05, 0) is 36.4 Å². The molecule has 0 radical (unpaired) electrons. The summed E-state index contributed by atoms with van der Waals surface area (Å²) in [4.78, 5) is 15.9. The molecular weight excluding hydrogens is 358 g/mol. The van der Waals surface area contributed by atoms with E-state index in [-0.39, 0.29) is 5.91 Å². The quantitative estimate of drug-likeness (QED) is 0.669. The van der Waals surface area contributed by atoms with Gasteiger partial charge in [0.1, 0.15) is 0 Å². The highest BCUT2D eigenvalue weighted by atomic mass is 35.5. The summed E-state index contributed by atoms with van der Waals surface area (Å²) in [7, 11) is 0. The third-order valence-corrected chi connectivity index (χ3v) is 6.67. The molecule has 1 aliphatic heterocycles. The first kappa shape index (κ1) is 17.7. The smallest absolute Gasteiger partial charge is 0.255 e. The van der Waals surface area contributed by atoms with Crippen molar-refractivity contribution in [2.45, 2.75) is 16.6 Å². The Balaban J connectivity index is 1.74. The molecule has 1 atom stereocenters. The number of amides is 1. The summed E-state index contributed by atoms with van der Waals surface area (Å²) in [5.74, 6) is 1.07. The van der Waals surface area contributed by atoms with E-state index in [1.165, 1.54) is 5.56 Å². The molecule has 24 heavy (non-hydrogen) atoms. The number of nitrogens with zero attached hydrogens (tertiary/aromatic N) is 1. The van der Waals surface area contributed by atoms with E-state index in [0.29, 0.717) is 5.25 Å². The van der Waals surface area contributed by atoms with Gasteiger partial charge in [-0.25, -0.2) is 0 Å². The topological polar surface area (TPSA) is 20.3 Å². The van der Waals surface area contributed by atoms with Crippen molar-refractivity contribution in [1.82, 2.24) is 4.90 Å². The molecule has 0 aromatic heterocycles. The van der Waals surface area contributed by atoms with Crippen molar-refractivity contribution in [3.8, 4) is 0 Å². The monoisotopic (exact) mass is 377 g/mol. The van der Waals surface area contributed by atoms with Crippen LogP contribution in [0.4, 0.5) is 0 Å². The van der Waals surface area contributed by atoms with Gasteiger partial charge < -0.3 is 4.90 Å². The zero-order valence-corrected chi connectivity index (χ0v) is 16.0. The number of carbonyl (C=O) groups is 1. The fraction of sp³-hybridized carbons (Fsp3) is 0.316. The summed E-state index contributed by atoms with van der Waals surface area (Å²) in [6.07, 6.45) is 2.94. The van der Waals surface area contributed by atoms with Gasteiger partial charge in [0.05, 0.1) is 5.56 Å². The fourth-order valence-electron chi connectivity index (χ4n) is 2.95. The molecule has 0 aliphatic carbocycles. The molecule has 0 saturated carbocycles. The van der Waals surface area contributed by atoms with Crippen molar-refractivity contribution < 1.29 is 4.79 Å². The van der Waals surface area contributed by atoms with Crippen molar-refractivity contribution >= 4 is 41.0 Å². The van der Waals surface area contributed by atoms with E-state index in [1.807, 2.05) is 65.4 Å². The summed E-state index contributed by atoms with van der Waals surface area (Å²) < 4.78 is 0. The summed E-state index contributed by atoms with van der Waals surface area (Å²) in [6, 6.07) is 15.9. The lowest BCUT2D eigenvalue weighted by Crippen LogP contribution is -2.33. The Bertz CT molecular complexity index is 722. The van der Waals surface area contributed by atoms with Crippen molar-refractivity contribution in [2.24, 2.45) is 0 Å². The van der Waals surface area contributed by atoms with Gasteiger partial charge in [0.25, 0.3) is 5.91 Å². The van der Waals surface area contributed by atoms with Crippen molar-refractivity contribution in [3.05, 3.63) is 64.7 Å². The van der Waals surface area contributed by atoms with Crippen LogP contribution in [0.25, 0.3) is 0 Å². The summed E-state index contributed by atoms with van der Waals surface area (Å²) in [5.41, 5.74) is 1.99. The van der Waals surface area contributed by atoms with Crippen LogP contribution in [-0.2, 0) is 0 Å². The van der Waals surface area contributed by atoms with Crippen LogP contribution < -0.4 is 0 Å². The van der Waals surface area contributed by atoms with Gasteiger partial charge >= 0.3 is 0 Å². The maximum Gasteiger partial charge on any atom is 0.255 e. The van der Waals surface area contributed by atoms with Crippen LogP contribution >= 0.6 is 35.1 Å². The van der Waals surface area contributed by atoms with Gasteiger partial charge in [-0.1, -0.05) is 41.9 Å². The van der Waals surface area contributed by atoms with E-state index in [4.69, 9.17) is 11.6 Å². The largest absolute Gasteiger partial charge is 0.338 e. The minimum absolute atomic E-state index is 0.139. The van der Waals surface area contributed by atoms with Gasteiger partial charge in [-0.2, -0.15) is 11.8 Å². The Hall–Kier alpha value is -1.10. The molecule has 1 heterocycles. The van der Waals surface area contributed by atoms with Crippen LogP contribution in [0.5, 0.6) is 0 Å². The molecule has 0 spiro atoms. The number of benzene rings is 2. The van der Waals surface area contributed by atoms with Gasteiger partial charge in [0.15, 0.2) is 0 Å². The van der Waals surface area contributed by atoms with Crippen LogP contribution in [0.2, 0.25) is 5.02 Å². The van der Waals surface area contributed by atoms with Crippen LogP contribution in [0.1, 0.15) is 27.6 Å². The van der Waals surface area contributed by atoms with Gasteiger partial charge in [-0.15, -0.1) is 11.8 Å². The Labute approximate surface area is 157 Å². The fourth-order valence-corrected chi connectivity index (χ4v) is 5.14. The maximum atomic E-state index is 12.9. The zero-order valence-electron chi connectivity index (χ0n) is 13.6. The maximum absolute atomic E-state index is 12.9. The second-order valence-electron chi connectivity index (χ2n) is 5.66. The molecule has 2 nitrogen and oxygen atoms in total. The summed E-state index contributed by atoms with van der Waals surface area (Å²) >= 11 is 9.86. The molecule has 2 aromatic rings. The lowest BCUT2D eigenvalue weighted by molar-refractivity contribution is 0.0763. The second-order valence-corrected chi connectivity index (χ2v) is 8.23. The number of carbonyl (C=O) groups excluding carboxylic acids is 1. The molecular formula is C19H20ClNOS2. The zero-order chi connectivity index (χ0) is 16.9. The normalized spacial score (nSPS) is 18.2. The highest BCUT2D eigenvalue weighted by Gasteiger charge is 2.24. The number of rotatable bonds is 3. The van der Waals surface area contributed by atoms with Crippen LogP contribution in [0, 0.1) is 0 Å². The third kappa shape index (κ3) is 3.93. The van der Waals surface area contributed by atoms with Gasteiger partial charge in [0.2, 0.25) is 0 Å².